The van der Waals surface area contributed by atoms with Crippen LogP contribution in [0.25, 0.3) is 0 Å². The second kappa shape index (κ2) is 7.28. The third-order valence-electron chi connectivity index (χ3n) is 0.959. The van der Waals surface area contributed by atoms with Crippen molar-refractivity contribution in [1.29, 1.82) is 0 Å². The molecule has 0 saturated carbocycles. The summed E-state index contributed by atoms with van der Waals surface area (Å²) in [5, 5.41) is 2.95. The van der Waals surface area contributed by atoms with E-state index in [1.54, 1.807) is 0 Å². The van der Waals surface area contributed by atoms with Crippen LogP contribution in [0, 0.1) is 0 Å². The molecule has 0 bridgehead atoms. The Morgan fingerprint density at radius 1 is 1.50 bits per heavy atom. The smallest absolute Gasteiger partial charge is 0.247 e. The van der Waals surface area contributed by atoms with E-state index in [1.807, 2.05) is 7.05 Å². The number of alkyl halides is 2. The molecule has 0 aromatic rings. The van der Waals surface area contributed by atoms with Crippen LogP contribution in [0.15, 0.2) is 0 Å². The molecule has 0 aromatic heterocycles. The maximum Gasteiger partial charge on any atom is 0.247 e. The zero-order valence-corrected chi connectivity index (χ0v) is 6.89. The number of rotatable bonds is 6. The molecule has 0 rings (SSSR count). The molecule has 1 nitrogen and oxygen atoms in total. The summed E-state index contributed by atoms with van der Waals surface area (Å²) in [4.78, 5) is 0. The van der Waals surface area contributed by atoms with Gasteiger partial charge in [0.1, 0.15) is 0 Å². The average molecular weight is 169 g/mol. The number of nitrogens with one attached hydrogen (secondary N) is 1. The van der Waals surface area contributed by atoms with E-state index in [-0.39, 0.29) is 5.75 Å². The number of hydrogen-bond donors (Lipinski definition) is 1. The molecule has 0 spiro atoms. The van der Waals surface area contributed by atoms with E-state index in [0.717, 1.165) is 18.7 Å². The van der Waals surface area contributed by atoms with Crippen molar-refractivity contribution < 1.29 is 8.78 Å². The fourth-order valence-corrected chi connectivity index (χ4v) is 1.22. The van der Waals surface area contributed by atoms with E-state index in [9.17, 15) is 8.78 Å². The quantitative estimate of drug-likeness (QED) is 0.606. The molecule has 0 fully saturated rings. The first-order valence-electron chi connectivity index (χ1n) is 3.28. The number of hydrogen-bond acceptors (Lipinski definition) is 2. The topological polar surface area (TPSA) is 12.0 Å². The summed E-state index contributed by atoms with van der Waals surface area (Å²) in [6.07, 6.45) is -1.19. The van der Waals surface area contributed by atoms with Gasteiger partial charge in [-0.15, -0.1) is 0 Å². The van der Waals surface area contributed by atoms with Crippen LogP contribution in [0.3, 0.4) is 0 Å². The first-order chi connectivity index (χ1) is 4.77. The zero-order chi connectivity index (χ0) is 7.82. The third kappa shape index (κ3) is 8.17. The van der Waals surface area contributed by atoms with Crippen molar-refractivity contribution in [3.8, 4) is 0 Å². The van der Waals surface area contributed by atoms with Crippen molar-refractivity contribution >= 4 is 11.8 Å². The molecule has 0 heterocycles. The van der Waals surface area contributed by atoms with Crippen LogP contribution in [-0.2, 0) is 0 Å². The molecule has 62 valence electrons. The Kier molecular flexibility index (Phi) is 7.40. The number of halogens is 2. The van der Waals surface area contributed by atoms with Gasteiger partial charge >= 0.3 is 0 Å². The van der Waals surface area contributed by atoms with Crippen LogP contribution in [0.5, 0.6) is 0 Å². The van der Waals surface area contributed by atoms with E-state index < -0.39 is 6.43 Å². The van der Waals surface area contributed by atoms with Gasteiger partial charge < -0.3 is 5.32 Å². The highest BCUT2D eigenvalue weighted by atomic mass is 32.2. The highest BCUT2D eigenvalue weighted by Gasteiger charge is 2.00. The molecule has 0 amide bonds. The summed E-state index contributed by atoms with van der Waals surface area (Å²) in [6.45, 7) is 0.913. The highest BCUT2D eigenvalue weighted by molar-refractivity contribution is 7.99. The van der Waals surface area contributed by atoms with Crippen molar-refractivity contribution in [3.05, 3.63) is 0 Å². The Hall–Kier alpha value is 0.170. The monoisotopic (exact) mass is 169 g/mol. The molecule has 10 heavy (non-hydrogen) atoms. The van der Waals surface area contributed by atoms with Gasteiger partial charge in [0.05, 0.1) is 5.75 Å². The summed E-state index contributed by atoms with van der Waals surface area (Å²) in [7, 11) is 1.86. The van der Waals surface area contributed by atoms with Crippen LogP contribution >= 0.6 is 11.8 Å². The Labute approximate surface area is 64.6 Å². The van der Waals surface area contributed by atoms with Crippen LogP contribution in [0.4, 0.5) is 8.78 Å². The fraction of sp³-hybridized carbons (Fsp3) is 1.00. The Morgan fingerprint density at radius 2 is 2.20 bits per heavy atom. The van der Waals surface area contributed by atoms with Gasteiger partial charge in [0.15, 0.2) is 0 Å². The van der Waals surface area contributed by atoms with Crippen molar-refractivity contribution in [1.82, 2.24) is 5.32 Å². The second-order valence-corrected chi connectivity index (χ2v) is 3.07. The van der Waals surface area contributed by atoms with Crippen molar-refractivity contribution in [2.75, 3.05) is 25.1 Å². The molecule has 0 radical (unpaired) electrons. The van der Waals surface area contributed by atoms with Gasteiger partial charge in [-0.1, -0.05) is 0 Å². The average Bonchev–Trinajstić information content (AvgIpc) is 1.87. The fourth-order valence-electron chi connectivity index (χ4n) is 0.523. The number of thioether (sulfide) groups is 1. The minimum Gasteiger partial charge on any atom is -0.320 e. The molecule has 0 aliphatic rings. The third-order valence-corrected chi connectivity index (χ3v) is 2.02. The van der Waals surface area contributed by atoms with Gasteiger partial charge in [-0.25, -0.2) is 8.78 Å². The van der Waals surface area contributed by atoms with Crippen LogP contribution in [0.1, 0.15) is 6.42 Å². The van der Waals surface area contributed by atoms with E-state index in [4.69, 9.17) is 0 Å². The summed E-state index contributed by atoms with van der Waals surface area (Å²) >= 11 is 1.31. The van der Waals surface area contributed by atoms with Crippen LogP contribution in [0.2, 0.25) is 0 Å². The van der Waals surface area contributed by atoms with Gasteiger partial charge in [-0.05, 0) is 25.8 Å². The summed E-state index contributed by atoms with van der Waals surface area (Å²) in [6, 6.07) is 0. The Morgan fingerprint density at radius 3 is 2.70 bits per heavy atom. The Bertz CT molecular complexity index is 70.8. The van der Waals surface area contributed by atoms with Gasteiger partial charge in [0, 0.05) is 0 Å². The lowest BCUT2D eigenvalue weighted by Gasteiger charge is -1.99. The van der Waals surface area contributed by atoms with Crippen molar-refractivity contribution in [2.24, 2.45) is 0 Å². The van der Waals surface area contributed by atoms with Gasteiger partial charge in [-0.3, -0.25) is 0 Å². The highest BCUT2D eigenvalue weighted by Crippen LogP contribution is 2.07. The predicted molar refractivity (Wildman–Crippen MR) is 41.9 cm³/mol. The van der Waals surface area contributed by atoms with Crippen molar-refractivity contribution in [3.63, 3.8) is 0 Å². The molecule has 0 unspecified atom stereocenters. The minimum absolute atomic E-state index is 0.0241. The van der Waals surface area contributed by atoms with E-state index in [0.29, 0.717) is 0 Å². The van der Waals surface area contributed by atoms with Crippen molar-refractivity contribution in [2.45, 2.75) is 12.8 Å². The standard InChI is InChI=1S/C6H13F2NS/c1-9-3-2-4-10-5-6(7)8/h6,9H,2-5H2,1H3. The minimum atomic E-state index is -2.15. The molecule has 4 heteroatoms. The normalized spacial score (nSPS) is 10.8. The molecule has 0 aliphatic carbocycles. The lowest BCUT2D eigenvalue weighted by atomic mass is 10.5. The van der Waals surface area contributed by atoms with E-state index in [2.05, 4.69) is 5.32 Å². The predicted octanol–water partition coefficient (Wildman–Crippen LogP) is 1.59. The zero-order valence-electron chi connectivity index (χ0n) is 6.07. The Balaban J connectivity index is 2.77. The summed E-state index contributed by atoms with van der Waals surface area (Å²) < 4.78 is 23.0. The van der Waals surface area contributed by atoms with Crippen LogP contribution in [-0.4, -0.2) is 31.5 Å². The SMILES string of the molecule is CNCCCSCC(F)F. The van der Waals surface area contributed by atoms with Gasteiger partial charge in [0.2, 0.25) is 6.43 Å². The van der Waals surface area contributed by atoms with Gasteiger partial charge in [0.25, 0.3) is 0 Å². The lowest BCUT2D eigenvalue weighted by molar-refractivity contribution is 0.177. The van der Waals surface area contributed by atoms with Crippen LogP contribution < -0.4 is 5.32 Å². The molecule has 1 N–H and O–H groups in total. The molecule has 0 aliphatic heterocycles. The molecule has 0 aromatic carbocycles. The largest absolute Gasteiger partial charge is 0.320 e. The maximum atomic E-state index is 11.5. The lowest BCUT2D eigenvalue weighted by Crippen LogP contribution is -2.08. The first kappa shape index (κ1) is 10.2. The first-order valence-corrected chi connectivity index (χ1v) is 4.43. The second-order valence-electron chi connectivity index (χ2n) is 1.92. The van der Waals surface area contributed by atoms with Gasteiger partial charge in [-0.2, -0.15) is 11.8 Å². The molecule has 0 atom stereocenters. The summed E-state index contributed by atoms with van der Waals surface area (Å²) in [5.74, 6) is 0.800. The summed E-state index contributed by atoms with van der Waals surface area (Å²) in [5.41, 5.74) is 0. The molecular weight excluding hydrogens is 156 g/mol. The molecular formula is C6H13F2NS. The molecule has 0 saturated heterocycles. The van der Waals surface area contributed by atoms with E-state index >= 15 is 0 Å². The van der Waals surface area contributed by atoms with E-state index in [1.165, 1.54) is 11.8 Å². The maximum absolute atomic E-state index is 11.5.